The van der Waals surface area contributed by atoms with Gasteiger partial charge in [-0.3, -0.25) is 4.90 Å². The van der Waals surface area contributed by atoms with Crippen molar-refractivity contribution in [3.05, 3.63) is 0 Å². The van der Waals surface area contributed by atoms with E-state index in [9.17, 15) is 0 Å². The highest BCUT2D eigenvalue weighted by atomic mass is 16.5. The molecule has 0 bridgehead atoms. The average Bonchev–Trinajstić information content (AvgIpc) is 2.43. The number of hydrogen-bond donors (Lipinski definition) is 1. The van der Waals surface area contributed by atoms with Crippen molar-refractivity contribution in [1.82, 2.24) is 10.2 Å². The molecule has 118 valence electrons. The fourth-order valence-electron chi connectivity index (χ4n) is 3.35. The van der Waals surface area contributed by atoms with Gasteiger partial charge in [0.25, 0.3) is 0 Å². The van der Waals surface area contributed by atoms with Crippen LogP contribution in [0.3, 0.4) is 0 Å². The van der Waals surface area contributed by atoms with Crippen LogP contribution in [0.25, 0.3) is 0 Å². The Morgan fingerprint density at radius 3 is 2.60 bits per heavy atom. The lowest BCUT2D eigenvalue weighted by Gasteiger charge is -2.48. The Bertz CT molecular complexity index is 288. The van der Waals surface area contributed by atoms with Crippen LogP contribution in [0.4, 0.5) is 0 Å². The monoisotopic (exact) mass is 284 g/mol. The third-order valence-corrected chi connectivity index (χ3v) is 4.67. The van der Waals surface area contributed by atoms with Crippen molar-refractivity contribution >= 4 is 0 Å². The minimum Gasteiger partial charge on any atom is -0.381 e. The van der Waals surface area contributed by atoms with Crippen molar-refractivity contribution < 1.29 is 9.47 Å². The van der Waals surface area contributed by atoms with E-state index in [-0.39, 0.29) is 11.0 Å². The van der Waals surface area contributed by atoms with Gasteiger partial charge in [-0.25, -0.2) is 0 Å². The first-order chi connectivity index (χ1) is 9.58. The second-order valence-corrected chi connectivity index (χ2v) is 7.12. The van der Waals surface area contributed by atoms with Gasteiger partial charge in [0.15, 0.2) is 0 Å². The van der Waals surface area contributed by atoms with Crippen molar-refractivity contribution in [3.63, 3.8) is 0 Å². The summed E-state index contributed by atoms with van der Waals surface area (Å²) in [6.45, 7) is 14.7. The summed E-state index contributed by atoms with van der Waals surface area (Å²) in [6, 6.07) is 0. The third-order valence-electron chi connectivity index (χ3n) is 4.67. The van der Waals surface area contributed by atoms with Gasteiger partial charge in [0.05, 0.1) is 19.8 Å². The van der Waals surface area contributed by atoms with Crippen LogP contribution in [0.2, 0.25) is 0 Å². The van der Waals surface area contributed by atoms with E-state index in [1.54, 1.807) is 0 Å². The van der Waals surface area contributed by atoms with Gasteiger partial charge in [-0.05, 0) is 39.7 Å². The summed E-state index contributed by atoms with van der Waals surface area (Å²) >= 11 is 0. The van der Waals surface area contributed by atoms with Gasteiger partial charge in [0.1, 0.15) is 0 Å². The summed E-state index contributed by atoms with van der Waals surface area (Å²) in [5, 5.41) is 3.62. The molecule has 0 spiro atoms. The molecule has 0 aromatic carbocycles. The van der Waals surface area contributed by atoms with Crippen LogP contribution in [0.15, 0.2) is 0 Å². The molecule has 2 saturated heterocycles. The van der Waals surface area contributed by atoms with E-state index in [2.05, 4.69) is 31.0 Å². The van der Waals surface area contributed by atoms with Crippen molar-refractivity contribution in [2.75, 3.05) is 52.6 Å². The van der Waals surface area contributed by atoms with E-state index >= 15 is 0 Å². The minimum absolute atomic E-state index is 0.146. The first kappa shape index (κ1) is 16.2. The molecule has 0 aliphatic carbocycles. The molecule has 2 rings (SSSR count). The molecule has 2 aliphatic heterocycles. The number of morpholine rings is 1. The second-order valence-electron chi connectivity index (χ2n) is 7.12. The van der Waals surface area contributed by atoms with Crippen LogP contribution in [-0.2, 0) is 9.47 Å². The summed E-state index contributed by atoms with van der Waals surface area (Å²) in [7, 11) is 0. The van der Waals surface area contributed by atoms with E-state index in [4.69, 9.17) is 9.47 Å². The zero-order valence-corrected chi connectivity index (χ0v) is 13.5. The van der Waals surface area contributed by atoms with Crippen molar-refractivity contribution in [2.24, 2.45) is 5.41 Å². The summed E-state index contributed by atoms with van der Waals surface area (Å²) < 4.78 is 11.5. The minimum atomic E-state index is 0.146. The molecule has 1 N–H and O–H groups in total. The fraction of sp³-hybridized carbons (Fsp3) is 1.00. The highest BCUT2D eigenvalue weighted by Gasteiger charge is 2.39. The molecule has 1 unspecified atom stereocenters. The molecule has 0 aromatic rings. The standard InChI is InChI=1S/C16H32N2O2/c1-4-7-17-11-16(6-5-9-19-14-16)12-18-8-10-20-13-15(18,2)3/h17H,4-14H2,1-3H3. The summed E-state index contributed by atoms with van der Waals surface area (Å²) in [5.41, 5.74) is 0.426. The molecule has 4 nitrogen and oxygen atoms in total. The SMILES string of the molecule is CCCNCC1(CN2CCOCC2(C)C)CCCOC1. The average molecular weight is 284 g/mol. The zero-order chi connectivity index (χ0) is 14.5. The second kappa shape index (κ2) is 7.21. The molecule has 0 aromatic heterocycles. The maximum Gasteiger partial charge on any atom is 0.0645 e. The molecule has 0 amide bonds. The summed E-state index contributed by atoms with van der Waals surface area (Å²) in [4.78, 5) is 2.61. The quantitative estimate of drug-likeness (QED) is 0.755. The van der Waals surface area contributed by atoms with Gasteiger partial charge in [-0.15, -0.1) is 0 Å². The Labute approximate surface area is 124 Å². The normalized spacial score (nSPS) is 31.4. The van der Waals surface area contributed by atoms with Gasteiger partial charge in [-0.1, -0.05) is 6.92 Å². The van der Waals surface area contributed by atoms with E-state index in [1.807, 2.05) is 0 Å². The molecule has 4 heteroatoms. The Morgan fingerprint density at radius 1 is 1.15 bits per heavy atom. The Kier molecular flexibility index (Phi) is 5.84. The molecule has 0 radical (unpaired) electrons. The lowest BCUT2D eigenvalue weighted by atomic mass is 9.80. The summed E-state index contributed by atoms with van der Waals surface area (Å²) in [6.07, 6.45) is 3.66. The largest absolute Gasteiger partial charge is 0.381 e. The predicted molar refractivity (Wildman–Crippen MR) is 82.1 cm³/mol. The highest BCUT2D eigenvalue weighted by Crippen LogP contribution is 2.32. The topological polar surface area (TPSA) is 33.7 Å². The van der Waals surface area contributed by atoms with Crippen LogP contribution in [0.1, 0.15) is 40.0 Å². The molecular formula is C16H32N2O2. The van der Waals surface area contributed by atoms with Gasteiger partial charge in [0.2, 0.25) is 0 Å². The number of rotatable bonds is 6. The highest BCUT2D eigenvalue weighted by molar-refractivity contribution is 4.93. The lowest BCUT2D eigenvalue weighted by molar-refractivity contribution is -0.0925. The number of nitrogens with one attached hydrogen (secondary N) is 1. The predicted octanol–water partition coefficient (Wildman–Crippen LogP) is 1.89. The first-order valence-corrected chi connectivity index (χ1v) is 8.19. The van der Waals surface area contributed by atoms with E-state index in [0.29, 0.717) is 0 Å². The van der Waals surface area contributed by atoms with E-state index < -0.39 is 0 Å². The number of ether oxygens (including phenoxy) is 2. The smallest absolute Gasteiger partial charge is 0.0645 e. The molecule has 20 heavy (non-hydrogen) atoms. The first-order valence-electron chi connectivity index (χ1n) is 8.19. The zero-order valence-electron chi connectivity index (χ0n) is 13.5. The third kappa shape index (κ3) is 4.17. The molecule has 2 heterocycles. The maximum absolute atomic E-state index is 5.83. The van der Waals surface area contributed by atoms with Gasteiger partial charge in [-0.2, -0.15) is 0 Å². The number of nitrogens with zero attached hydrogens (tertiary/aromatic N) is 1. The van der Waals surface area contributed by atoms with Crippen LogP contribution < -0.4 is 5.32 Å². The van der Waals surface area contributed by atoms with E-state index in [0.717, 1.165) is 52.6 Å². The van der Waals surface area contributed by atoms with E-state index in [1.165, 1.54) is 19.3 Å². The van der Waals surface area contributed by atoms with Crippen LogP contribution in [0, 0.1) is 5.41 Å². The van der Waals surface area contributed by atoms with Crippen molar-refractivity contribution in [2.45, 2.75) is 45.6 Å². The maximum atomic E-state index is 5.83. The molecule has 2 aliphatic rings. The fourth-order valence-corrected chi connectivity index (χ4v) is 3.35. The van der Waals surface area contributed by atoms with Crippen LogP contribution in [-0.4, -0.2) is 63.0 Å². The molecular weight excluding hydrogens is 252 g/mol. The van der Waals surface area contributed by atoms with Crippen LogP contribution in [0.5, 0.6) is 0 Å². The molecule has 0 saturated carbocycles. The van der Waals surface area contributed by atoms with Gasteiger partial charge >= 0.3 is 0 Å². The summed E-state index contributed by atoms with van der Waals surface area (Å²) in [5.74, 6) is 0. The Morgan fingerprint density at radius 2 is 1.95 bits per heavy atom. The van der Waals surface area contributed by atoms with Crippen LogP contribution >= 0.6 is 0 Å². The number of hydrogen-bond acceptors (Lipinski definition) is 4. The van der Waals surface area contributed by atoms with Gasteiger partial charge < -0.3 is 14.8 Å². The Hall–Kier alpha value is -0.160. The lowest BCUT2D eigenvalue weighted by Crippen LogP contribution is -2.59. The van der Waals surface area contributed by atoms with Crippen molar-refractivity contribution in [3.8, 4) is 0 Å². The van der Waals surface area contributed by atoms with Crippen molar-refractivity contribution in [1.29, 1.82) is 0 Å². The molecule has 1 atom stereocenters. The Balaban J connectivity index is 1.98. The molecule has 2 fully saturated rings. The van der Waals surface area contributed by atoms with Gasteiger partial charge in [0, 0.05) is 37.2 Å².